The molecule has 0 saturated carbocycles. The Balaban J connectivity index is 2.06. The first-order valence-electron chi connectivity index (χ1n) is 5.98. The number of hydrogen-bond acceptors (Lipinski definition) is 2. The standard InChI is InChI=1S/C14H17BrN2O/c1-10-3-4-11(15)9-12(10)13(18)5-6-14-16-7-8-17(14)2/h3-4,7-9,13,18H,5-6H2,1-2H3. The summed E-state index contributed by atoms with van der Waals surface area (Å²) in [6.45, 7) is 2.02. The first-order valence-corrected chi connectivity index (χ1v) is 6.77. The molecule has 0 aliphatic rings. The first-order chi connectivity index (χ1) is 8.58. The maximum atomic E-state index is 10.3. The third-order valence-corrected chi connectivity index (χ3v) is 3.66. The molecular weight excluding hydrogens is 292 g/mol. The summed E-state index contributed by atoms with van der Waals surface area (Å²) in [5.41, 5.74) is 2.10. The average Bonchev–Trinajstić information content (AvgIpc) is 2.75. The summed E-state index contributed by atoms with van der Waals surface area (Å²) in [5, 5.41) is 10.3. The van der Waals surface area contributed by atoms with E-state index in [-0.39, 0.29) is 0 Å². The summed E-state index contributed by atoms with van der Waals surface area (Å²) in [7, 11) is 1.97. The molecule has 0 amide bonds. The van der Waals surface area contributed by atoms with Crippen LogP contribution in [0.15, 0.2) is 35.1 Å². The Morgan fingerprint density at radius 3 is 2.89 bits per heavy atom. The Bertz CT molecular complexity index is 536. The van der Waals surface area contributed by atoms with Crippen LogP contribution in [0.1, 0.15) is 29.5 Å². The van der Waals surface area contributed by atoms with Crippen LogP contribution < -0.4 is 0 Å². The van der Waals surface area contributed by atoms with Crippen molar-refractivity contribution in [2.45, 2.75) is 25.9 Å². The second kappa shape index (κ2) is 5.67. The molecular formula is C14H17BrN2O. The fraction of sp³-hybridized carbons (Fsp3) is 0.357. The van der Waals surface area contributed by atoms with Gasteiger partial charge in [0.25, 0.3) is 0 Å². The highest BCUT2D eigenvalue weighted by Crippen LogP contribution is 2.25. The molecule has 0 radical (unpaired) electrons. The van der Waals surface area contributed by atoms with E-state index in [1.54, 1.807) is 6.20 Å². The molecule has 0 saturated heterocycles. The van der Waals surface area contributed by atoms with Gasteiger partial charge in [-0.25, -0.2) is 4.98 Å². The van der Waals surface area contributed by atoms with E-state index in [1.165, 1.54) is 0 Å². The van der Waals surface area contributed by atoms with Crippen LogP contribution in [-0.4, -0.2) is 14.7 Å². The van der Waals surface area contributed by atoms with Crippen molar-refractivity contribution in [3.05, 3.63) is 52.0 Å². The van der Waals surface area contributed by atoms with Gasteiger partial charge in [0, 0.05) is 30.3 Å². The van der Waals surface area contributed by atoms with Crippen LogP contribution in [0.3, 0.4) is 0 Å². The number of aliphatic hydroxyl groups is 1. The number of hydrogen-bond donors (Lipinski definition) is 1. The Kier molecular flexibility index (Phi) is 4.19. The number of halogens is 1. The molecule has 0 aliphatic carbocycles. The van der Waals surface area contributed by atoms with Gasteiger partial charge in [-0.05, 0) is 36.6 Å². The van der Waals surface area contributed by atoms with Crippen LogP contribution >= 0.6 is 15.9 Å². The van der Waals surface area contributed by atoms with E-state index >= 15 is 0 Å². The number of aliphatic hydroxyl groups excluding tert-OH is 1. The van der Waals surface area contributed by atoms with Crippen molar-refractivity contribution in [1.82, 2.24) is 9.55 Å². The zero-order chi connectivity index (χ0) is 13.1. The Labute approximate surface area is 116 Å². The SMILES string of the molecule is Cc1ccc(Br)cc1C(O)CCc1nccn1C. The Hall–Kier alpha value is -1.13. The van der Waals surface area contributed by atoms with Gasteiger partial charge in [-0.15, -0.1) is 0 Å². The summed E-state index contributed by atoms with van der Waals surface area (Å²) in [4.78, 5) is 4.26. The number of nitrogens with zero attached hydrogens (tertiary/aromatic N) is 2. The second-order valence-corrected chi connectivity index (χ2v) is 5.43. The van der Waals surface area contributed by atoms with Gasteiger partial charge in [-0.3, -0.25) is 0 Å². The van der Waals surface area contributed by atoms with Gasteiger partial charge in [-0.1, -0.05) is 22.0 Å². The van der Waals surface area contributed by atoms with Crippen LogP contribution in [0, 0.1) is 6.92 Å². The van der Waals surface area contributed by atoms with Crippen molar-refractivity contribution >= 4 is 15.9 Å². The van der Waals surface area contributed by atoms with E-state index in [9.17, 15) is 5.11 Å². The second-order valence-electron chi connectivity index (χ2n) is 4.51. The van der Waals surface area contributed by atoms with Gasteiger partial charge in [-0.2, -0.15) is 0 Å². The van der Waals surface area contributed by atoms with Crippen molar-refractivity contribution in [1.29, 1.82) is 0 Å². The van der Waals surface area contributed by atoms with Crippen molar-refractivity contribution in [3.63, 3.8) is 0 Å². The molecule has 1 aromatic heterocycles. The number of benzene rings is 1. The van der Waals surface area contributed by atoms with Gasteiger partial charge in [0.15, 0.2) is 0 Å². The summed E-state index contributed by atoms with van der Waals surface area (Å²) in [5.74, 6) is 1.00. The van der Waals surface area contributed by atoms with Crippen LogP contribution in [-0.2, 0) is 13.5 Å². The smallest absolute Gasteiger partial charge is 0.108 e. The zero-order valence-corrected chi connectivity index (χ0v) is 12.2. The monoisotopic (exact) mass is 308 g/mol. The summed E-state index contributed by atoms with van der Waals surface area (Å²) >= 11 is 3.44. The molecule has 96 valence electrons. The van der Waals surface area contributed by atoms with E-state index in [0.29, 0.717) is 6.42 Å². The van der Waals surface area contributed by atoms with Crippen molar-refractivity contribution in [3.8, 4) is 0 Å². The molecule has 0 aliphatic heterocycles. The van der Waals surface area contributed by atoms with Crippen molar-refractivity contribution < 1.29 is 5.11 Å². The molecule has 0 fully saturated rings. The number of imidazole rings is 1. The lowest BCUT2D eigenvalue weighted by atomic mass is 10.00. The van der Waals surface area contributed by atoms with Crippen LogP contribution in [0.2, 0.25) is 0 Å². The quantitative estimate of drug-likeness (QED) is 0.942. The van der Waals surface area contributed by atoms with Gasteiger partial charge < -0.3 is 9.67 Å². The number of aryl methyl sites for hydroxylation is 3. The normalized spacial score (nSPS) is 12.7. The minimum atomic E-state index is -0.445. The fourth-order valence-corrected chi connectivity index (χ4v) is 2.41. The van der Waals surface area contributed by atoms with E-state index < -0.39 is 6.10 Å². The van der Waals surface area contributed by atoms with E-state index in [2.05, 4.69) is 20.9 Å². The first kappa shape index (κ1) is 13.3. The third kappa shape index (κ3) is 3.00. The molecule has 1 atom stereocenters. The Morgan fingerprint density at radius 2 is 2.22 bits per heavy atom. The molecule has 1 heterocycles. The molecule has 2 aromatic rings. The van der Waals surface area contributed by atoms with Gasteiger partial charge in [0.2, 0.25) is 0 Å². The lowest BCUT2D eigenvalue weighted by Crippen LogP contribution is -2.05. The van der Waals surface area contributed by atoms with Gasteiger partial charge in [0.1, 0.15) is 5.82 Å². The summed E-state index contributed by atoms with van der Waals surface area (Å²) in [6, 6.07) is 5.99. The summed E-state index contributed by atoms with van der Waals surface area (Å²) in [6.07, 6.45) is 4.72. The van der Waals surface area contributed by atoms with Crippen LogP contribution in [0.4, 0.5) is 0 Å². The highest BCUT2D eigenvalue weighted by Gasteiger charge is 2.12. The number of rotatable bonds is 4. The van der Waals surface area contributed by atoms with Crippen LogP contribution in [0.5, 0.6) is 0 Å². The van der Waals surface area contributed by atoms with Crippen molar-refractivity contribution in [2.24, 2.45) is 7.05 Å². The molecule has 18 heavy (non-hydrogen) atoms. The predicted octanol–water partition coefficient (Wildman–Crippen LogP) is 3.16. The molecule has 0 bridgehead atoms. The molecule has 0 spiro atoms. The van der Waals surface area contributed by atoms with Crippen LogP contribution in [0.25, 0.3) is 0 Å². The minimum Gasteiger partial charge on any atom is -0.388 e. The molecule has 3 nitrogen and oxygen atoms in total. The van der Waals surface area contributed by atoms with E-state index in [1.807, 2.05) is 42.9 Å². The fourth-order valence-electron chi connectivity index (χ4n) is 2.03. The highest BCUT2D eigenvalue weighted by molar-refractivity contribution is 9.10. The maximum Gasteiger partial charge on any atom is 0.108 e. The maximum absolute atomic E-state index is 10.3. The van der Waals surface area contributed by atoms with Crippen molar-refractivity contribution in [2.75, 3.05) is 0 Å². The lowest BCUT2D eigenvalue weighted by molar-refractivity contribution is 0.166. The number of aromatic nitrogens is 2. The predicted molar refractivity (Wildman–Crippen MR) is 75.4 cm³/mol. The largest absolute Gasteiger partial charge is 0.388 e. The van der Waals surface area contributed by atoms with Gasteiger partial charge >= 0.3 is 0 Å². The average molecular weight is 309 g/mol. The molecule has 1 unspecified atom stereocenters. The minimum absolute atomic E-state index is 0.445. The van der Waals surface area contributed by atoms with Gasteiger partial charge in [0.05, 0.1) is 6.10 Å². The molecule has 2 rings (SSSR count). The highest BCUT2D eigenvalue weighted by atomic mass is 79.9. The molecule has 4 heteroatoms. The topological polar surface area (TPSA) is 38.1 Å². The zero-order valence-electron chi connectivity index (χ0n) is 10.6. The lowest BCUT2D eigenvalue weighted by Gasteiger charge is -2.14. The summed E-state index contributed by atoms with van der Waals surface area (Å²) < 4.78 is 2.99. The Morgan fingerprint density at radius 1 is 1.44 bits per heavy atom. The molecule has 1 aromatic carbocycles. The van der Waals surface area contributed by atoms with E-state index in [4.69, 9.17) is 0 Å². The third-order valence-electron chi connectivity index (χ3n) is 3.16. The molecule has 1 N–H and O–H groups in total. The van der Waals surface area contributed by atoms with E-state index in [0.717, 1.165) is 27.8 Å².